The fourth-order valence-electron chi connectivity index (χ4n) is 3.79. The molecule has 2 aromatic heterocycles. The van der Waals surface area contributed by atoms with Gasteiger partial charge in [0.15, 0.2) is 0 Å². The van der Waals surface area contributed by atoms with Crippen molar-refractivity contribution >= 4 is 11.6 Å². The lowest BCUT2D eigenvalue weighted by molar-refractivity contribution is 0.0736. The van der Waals surface area contributed by atoms with E-state index in [4.69, 9.17) is 4.74 Å². The fraction of sp³-hybridized carbons (Fsp3) is 0.304. The van der Waals surface area contributed by atoms with Crippen molar-refractivity contribution in [2.24, 2.45) is 0 Å². The van der Waals surface area contributed by atoms with Gasteiger partial charge in [-0.15, -0.1) is 0 Å². The van der Waals surface area contributed by atoms with Gasteiger partial charge in [0.05, 0.1) is 7.11 Å². The zero-order chi connectivity index (χ0) is 20.2. The zero-order valence-electron chi connectivity index (χ0n) is 16.9. The third-order valence-corrected chi connectivity index (χ3v) is 5.46. The highest BCUT2D eigenvalue weighted by molar-refractivity contribution is 5.94. The van der Waals surface area contributed by atoms with Crippen molar-refractivity contribution in [3.63, 3.8) is 0 Å². The Morgan fingerprint density at radius 3 is 2.48 bits per heavy atom. The standard InChI is InChI=1S/C23H26N4O2/c1-3-25-17-19(18-7-9-24-10-8-18)15-22(25)23(28)27-13-11-26(12-14-27)20-5-4-6-21(16-20)29-2/h4-10,15-17H,3,11-14H2,1-2H3. The van der Waals surface area contributed by atoms with E-state index in [-0.39, 0.29) is 5.91 Å². The van der Waals surface area contributed by atoms with Crippen molar-refractivity contribution in [3.8, 4) is 16.9 Å². The number of rotatable bonds is 5. The van der Waals surface area contributed by atoms with Crippen molar-refractivity contribution in [1.29, 1.82) is 0 Å². The minimum atomic E-state index is 0.0949. The molecule has 29 heavy (non-hydrogen) atoms. The van der Waals surface area contributed by atoms with Crippen LogP contribution in [0.3, 0.4) is 0 Å². The number of aryl methyl sites for hydroxylation is 1. The van der Waals surface area contributed by atoms with Crippen molar-refractivity contribution in [2.75, 3.05) is 38.2 Å². The van der Waals surface area contributed by atoms with Crippen LogP contribution in [-0.2, 0) is 6.54 Å². The molecule has 3 heterocycles. The molecule has 0 N–H and O–H groups in total. The second-order valence-electron chi connectivity index (χ2n) is 7.12. The maximum Gasteiger partial charge on any atom is 0.270 e. The minimum Gasteiger partial charge on any atom is -0.497 e. The molecule has 0 atom stereocenters. The van der Waals surface area contributed by atoms with E-state index in [1.807, 2.05) is 45.9 Å². The summed E-state index contributed by atoms with van der Waals surface area (Å²) < 4.78 is 7.36. The van der Waals surface area contributed by atoms with Crippen LogP contribution in [0.25, 0.3) is 11.1 Å². The topological polar surface area (TPSA) is 50.6 Å². The van der Waals surface area contributed by atoms with Gasteiger partial charge >= 0.3 is 0 Å². The molecule has 0 aliphatic carbocycles. The van der Waals surface area contributed by atoms with Crippen LogP contribution in [0.5, 0.6) is 5.75 Å². The Morgan fingerprint density at radius 1 is 1.03 bits per heavy atom. The molecule has 1 aliphatic rings. The molecule has 0 spiro atoms. The number of aromatic nitrogens is 2. The number of ether oxygens (including phenoxy) is 1. The summed E-state index contributed by atoms with van der Waals surface area (Å²) in [7, 11) is 1.68. The molecular formula is C23H26N4O2. The normalized spacial score (nSPS) is 14.1. The van der Waals surface area contributed by atoms with E-state index in [1.54, 1.807) is 19.5 Å². The molecule has 1 amide bonds. The molecule has 4 rings (SSSR count). The molecule has 6 nitrogen and oxygen atoms in total. The van der Waals surface area contributed by atoms with Crippen molar-refractivity contribution in [3.05, 3.63) is 66.7 Å². The average molecular weight is 390 g/mol. The van der Waals surface area contributed by atoms with E-state index in [1.165, 1.54) is 0 Å². The zero-order valence-corrected chi connectivity index (χ0v) is 16.9. The molecule has 6 heteroatoms. The van der Waals surface area contributed by atoms with Crippen LogP contribution in [0.2, 0.25) is 0 Å². The molecule has 3 aromatic rings. The molecule has 1 saturated heterocycles. The van der Waals surface area contributed by atoms with Crippen molar-refractivity contribution < 1.29 is 9.53 Å². The molecule has 150 valence electrons. The second-order valence-corrected chi connectivity index (χ2v) is 7.12. The molecule has 0 radical (unpaired) electrons. The minimum absolute atomic E-state index is 0.0949. The van der Waals surface area contributed by atoms with E-state index < -0.39 is 0 Å². The van der Waals surface area contributed by atoms with Crippen LogP contribution in [0.4, 0.5) is 5.69 Å². The largest absolute Gasteiger partial charge is 0.497 e. The van der Waals surface area contributed by atoms with E-state index in [0.29, 0.717) is 13.1 Å². The summed E-state index contributed by atoms with van der Waals surface area (Å²) in [5, 5.41) is 0. The Morgan fingerprint density at radius 2 is 1.79 bits per heavy atom. The first kappa shape index (κ1) is 19.1. The first-order valence-corrected chi connectivity index (χ1v) is 9.98. The van der Waals surface area contributed by atoms with Crippen LogP contribution >= 0.6 is 0 Å². The molecule has 0 saturated carbocycles. The molecular weight excluding hydrogens is 364 g/mol. The van der Waals surface area contributed by atoms with Crippen LogP contribution < -0.4 is 9.64 Å². The molecule has 1 aromatic carbocycles. The first-order chi connectivity index (χ1) is 14.2. The van der Waals surface area contributed by atoms with E-state index in [2.05, 4.69) is 29.1 Å². The van der Waals surface area contributed by atoms with Gasteiger partial charge in [-0.3, -0.25) is 9.78 Å². The summed E-state index contributed by atoms with van der Waals surface area (Å²) in [5.41, 5.74) is 4.00. The highest BCUT2D eigenvalue weighted by Crippen LogP contribution is 2.25. The summed E-state index contributed by atoms with van der Waals surface area (Å²) in [6.07, 6.45) is 5.60. The number of methoxy groups -OCH3 is 1. The van der Waals surface area contributed by atoms with Gasteiger partial charge in [-0.25, -0.2) is 0 Å². The van der Waals surface area contributed by atoms with Crippen LogP contribution in [0, 0.1) is 0 Å². The number of anilines is 1. The number of hydrogen-bond donors (Lipinski definition) is 0. The monoisotopic (exact) mass is 390 g/mol. The third-order valence-electron chi connectivity index (χ3n) is 5.46. The van der Waals surface area contributed by atoms with Gasteiger partial charge in [0.25, 0.3) is 5.91 Å². The number of pyridine rings is 1. The second kappa shape index (κ2) is 8.39. The summed E-state index contributed by atoms with van der Waals surface area (Å²) in [5.74, 6) is 0.947. The van der Waals surface area contributed by atoms with Gasteiger partial charge in [-0.05, 0) is 42.8 Å². The predicted molar refractivity (Wildman–Crippen MR) is 114 cm³/mol. The predicted octanol–water partition coefficient (Wildman–Crippen LogP) is 3.54. The quantitative estimate of drug-likeness (QED) is 0.669. The summed E-state index contributed by atoms with van der Waals surface area (Å²) in [4.78, 5) is 21.6. The summed E-state index contributed by atoms with van der Waals surface area (Å²) in [6, 6.07) is 14.0. The van der Waals surface area contributed by atoms with Gasteiger partial charge in [0.2, 0.25) is 0 Å². The Kier molecular flexibility index (Phi) is 5.51. The first-order valence-electron chi connectivity index (χ1n) is 9.98. The Balaban J connectivity index is 1.48. The Labute approximate surface area is 171 Å². The van der Waals surface area contributed by atoms with E-state index in [9.17, 15) is 4.79 Å². The number of hydrogen-bond acceptors (Lipinski definition) is 4. The van der Waals surface area contributed by atoms with E-state index >= 15 is 0 Å². The maximum absolute atomic E-state index is 13.2. The lowest BCUT2D eigenvalue weighted by Gasteiger charge is -2.36. The molecule has 1 fully saturated rings. The van der Waals surface area contributed by atoms with Gasteiger partial charge in [-0.2, -0.15) is 0 Å². The van der Waals surface area contributed by atoms with Crippen molar-refractivity contribution in [1.82, 2.24) is 14.5 Å². The number of nitrogens with zero attached hydrogens (tertiary/aromatic N) is 4. The smallest absolute Gasteiger partial charge is 0.270 e. The highest BCUT2D eigenvalue weighted by atomic mass is 16.5. The average Bonchev–Trinajstić information content (AvgIpc) is 3.24. The maximum atomic E-state index is 13.2. The lowest BCUT2D eigenvalue weighted by atomic mass is 10.1. The lowest BCUT2D eigenvalue weighted by Crippen LogP contribution is -2.49. The summed E-state index contributed by atoms with van der Waals surface area (Å²) >= 11 is 0. The third kappa shape index (κ3) is 3.97. The number of carbonyl (C=O) groups is 1. The Hall–Kier alpha value is -3.28. The van der Waals surface area contributed by atoms with Crippen LogP contribution in [0.15, 0.2) is 61.1 Å². The fourth-order valence-corrected chi connectivity index (χ4v) is 3.79. The highest BCUT2D eigenvalue weighted by Gasteiger charge is 2.25. The summed E-state index contributed by atoms with van der Waals surface area (Å²) in [6.45, 7) is 5.85. The van der Waals surface area contributed by atoms with Gasteiger partial charge in [-0.1, -0.05) is 6.07 Å². The van der Waals surface area contributed by atoms with Gasteiger partial charge in [0, 0.05) is 68.6 Å². The van der Waals surface area contributed by atoms with Crippen LogP contribution in [-0.4, -0.2) is 53.6 Å². The number of amides is 1. The van der Waals surface area contributed by atoms with Gasteiger partial charge in [0.1, 0.15) is 11.4 Å². The van der Waals surface area contributed by atoms with E-state index in [0.717, 1.165) is 47.9 Å². The van der Waals surface area contributed by atoms with Crippen LogP contribution in [0.1, 0.15) is 17.4 Å². The van der Waals surface area contributed by atoms with Gasteiger partial charge < -0.3 is 19.1 Å². The molecule has 0 unspecified atom stereocenters. The molecule has 0 bridgehead atoms. The molecule has 1 aliphatic heterocycles. The number of benzene rings is 1. The number of piperazine rings is 1. The Bertz CT molecular complexity index is 976. The number of carbonyl (C=O) groups excluding carboxylic acids is 1. The SMILES string of the molecule is CCn1cc(-c2ccncc2)cc1C(=O)N1CCN(c2cccc(OC)c2)CC1. The van der Waals surface area contributed by atoms with Crippen molar-refractivity contribution in [2.45, 2.75) is 13.5 Å².